The summed E-state index contributed by atoms with van der Waals surface area (Å²) in [5, 5.41) is 0. The molecule has 22 heavy (non-hydrogen) atoms. The van der Waals surface area contributed by atoms with Crippen LogP contribution >= 0.6 is 0 Å². The molecule has 0 aliphatic carbocycles. The normalized spacial score (nSPS) is 13.6. The van der Waals surface area contributed by atoms with Crippen molar-refractivity contribution in [1.29, 1.82) is 0 Å². The number of benzene rings is 2. The molecule has 0 unspecified atom stereocenters. The first-order valence-corrected chi connectivity index (χ1v) is 7.76. The summed E-state index contributed by atoms with van der Waals surface area (Å²) in [4.78, 5) is 13.9. The number of hydrogen-bond donors (Lipinski definition) is 0. The molecule has 0 spiro atoms. The van der Waals surface area contributed by atoms with Gasteiger partial charge in [-0.1, -0.05) is 44.2 Å². The molecule has 0 N–H and O–H groups in total. The number of fused-ring (bicyclic) bond motifs is 1. The number of ether oxygens (including phenoxy) is 1. The Morgan fingerprint density at radius 3 is 2.55 bits per heavy atom. The lowest BCUT2D eigenvalue weighted by Crippen LogP contribution is -2.31. The Hall–Kier alpha value is -2.29. The molecule has 2 aromatic rings. The standard InChI is InChI=1S/C19H21NO2/c1-14(2)15-7-9-17(10-8-15)22-12-11-20-18-6-4-3-5-16(18)13-19(20)21/h3-10,14H,11-13H2,1-2H3. The van der Waals surface area contributed by atoms with Gasteiger partial charge in [-0.05, 0) is 35.2 Å². The molecule has 1 aliphatic rings. The lowest BCUT2D eigenvalue weighted by molar-refractivity contribution is -0.117. The summed E-state index contributed by atoms with van der Waals surface area (Å²) in [7, 11) is 0. The minimum absolute atomic E-state index is 0.153. The Kier molecular flexibility index (Phi) is 4.14. The number of anilines is 1. The molecule has 0 atom stereocenters. The summed E-state index contributed by atoms with van der Waals surface area (Å²) in [5.74, 6) is 1.53. The first kappa shape index (κ1) is 14.6. The molecule has 0 saturated heterocycles. The maximum absolute atomic E-state index is 12.1. The van der Waals surface area contributed by atoms with Crippen LogP contribution in [0.1, 0.15) is 30.9 Å². The van der Waals surface area contributed by atoms with Gasteiger partial charge in [0.05, 0.1) is 13.0 Å². The van der Waals surface area contributed by atoms with Crippen molar-refractivity contribution < 1.29 is 9.53 Å². The Labute approximate surface area is 131 Å². The highest BCUT2D eigenvalue weighted by atomic mass is 16.5. The van der Waals surface area contributed by atoms with E-state index in [1.165, 1.54) is 5.56 Å². The lowest BCUT2D eigenvalue weighted by atomic mass is 10.0. The monoisotopic (exact) mass is 295 g/mol. The van der Waals surface area contributed by atoms with Gasteiger partial charge in [-0.15, -0.1) is 0 Å². The van der Waals surface area contributed by atoms with Gasteiger partial charge in [0, 0.05) is 5.69 Å². The van der Waals surface area contributed by atoms with Crippen molar-refractivity contribution in [3.63, 3.8) is 0 Å². The largest absolute Gasteiger partial charge is 0.492 e. The summed E-state index contributed by atoms with van der Waals surface area (Å²) < 4.78 is 5.77. The summed E-state index contributed by atoms with van der Waals surface area (Å²) in [6.45, 7) is 5.43. The second kappa shape index (κ2) is 6.22. The lowest BCUT2D eigenvalue weighted by Gasteiger charge is -2.18. The fourth-order valence-electron chi connectivity index (χ4n) is 2.77. The van der Waals surface area contributed by atoms with Gasteiger partial charge in [0.1, 0.15) is 12.4 Å². The summed E-state index contributed by atoms with van der Waals surface area (Å²) >= 11 is 0. The summed E-state index contributed by atoms with van der Waals surface area (Å²) in [6, 6.07) is 16.1. The van der Waals surface area contributed by atoms with Crippen LogP contribution in [-0.2, 0) is 11.2 Å². The van der Waals surface area contributed by atoms with E-state index in [0.717, 1.165) is 17.0 Å². The van der Waals surface area contributed by atoms with Crippen LogP contribution in [0, 0.1) is 0 Å². The van der Waals surface area contributed by atoms with Crippen molar-refractivity contribution in [2.45, 2.75) is 26.2 Å². The van der Waals surface area contributed by atoms with Crippen LogP contribution in [0.2, 0.25) is 0 Å². The van der Waals surface area contributed by atoms with Crippen LogP contribution < -0.4 is 9.64 Å². The van der Waals surface area contributed by atoms with Crippen molar-refractivity contribution in [2.24, 2.45) is 0 Å². The average Bonchev–Trinajstić information content (AvgIpc) is 2.84. The Morgan fingerprint density at radius 1 is 1.09 bits per heavy atom. The Balaban J connectivity index is 1.58. The third-order valence-electron chi connectivity index (χ3n) is 4.06. The molecule has 0 fully saturated rings. The minimum Gasteiger partial charge on any atom is -0.492 e. The van der Waals surface area contributed by atoms with Crippen LogP contribution in [0.4, 0.5) is 5.69 Å². The van der Waals surface area contributed by atoms with Crippen molar-refractivity contribution in [3.8, 4) is 5.75 Å². The van der Waals surface area contributed by atoms with E-state index in [0.29, 0.717) is 25.5 Å². The van der Waals surface area contributed by atoms with Crippen LogP contribution in [0.25, 0.3) is 0 Å². The molecule has 3 rings (SSSR count). The fraction of sp³-hybridized carbons (Fsp3) is 0.316. The van der Waals surface area contributed by atoms with Crippen LogP contribution in [0.3, 0.4) is 0 Å². The maximum atomic E-state index is 12.1. The molecular formula is C19H21NO2. The number of hydrogen-bond acceptors (Lipinski definition) is 2. The highest BCUT2D eigenvalue weighted by molar-refractivity contribution is 6.01. The second-order valence-electron chi connectivity index (χ2n) is 5.92. The predicted octanol–water partition coefficient (Wildman–Crippen LogP) is 3.78. The number of carbonyl (C=O) groups is 1. The minimum atomic E-state index is 0.153. The highest BCUT2D eigenvalue weighted by Gasteiger charge is 2.26. The molecule has 3 heteroatoms. The smallest absolute Gasteiger partial charge is 0.231 e. The zero-order valence-electron chi connectivity index (χ0n) is 13.1. The quantitative estimate of drug-likeness (QED) is 0.840. The zero-order chi connectivity index (χ0) is 15.5. The molecule has 1 amide bonds. The van der Waals surface area contributed by atoms with Crippen molar-refractivity contribution >= 4 is 11.6 Å². The van der Waals surface area contributed by atoms with Crippen LogP contribution in [0.15, 0.2) is 48.5 Å². The Bertz CT molecular complexity index is 661. The molecule has 1 aliphatic heterocycles. The summed E-state index contributed by atoms with van der Waals surface area (Å²) in [5.41, 5.74) is 3.43. The number of amides is 1. The van der Waals surface area contributed by atoms with Crippen molar-refractivity contribution in [3.05, 3.63) is 59.7 Å². The molecule has 114 valence electrons. The van der Waals surface area contributed by atoms with E-state index >= 15 is 0 Å². The number of carbonyl (C=O) groups excluding carboxylic acids is 1. The van der Waals surface area contributed by atoms with Gasteiger partial charge in [0.15, 0.2) is 0 Å². The number of nitrogens with zero attached hydrogens (tertiary/aromatic N) is 1. The topological polar surface area (TPSA) is 29.5 Å². The van der Waals surface area contributed by atoms with Gasteiger partial charge in [-0.3, -0.25) is 4.79 Å². The molecule has 2 aromatic carbocycles. The first-order chi connectivity index (χ1) is 10.6. The molecule has 1 heterocycles. The van der Waals surface area contributed by atoms with Gasteiger partial charge in [-0.2, -0.15) is 0 Å². The molecule has 0 radical (unpaired) electrons. The van der Waals surface area contributed by atoms with E-state index in [9.17, 15) is 4.79 Å². The second-order valence-corrected chi connectivity index (χ2v) is 5.92. The third kappa shape index (κ3) is 2.98. The zero-order valence-corrected chi connectivity index (χ0v) is 13.1. The van der Waals surface area contributed by atoms with Crippen molar-refractivity contribution in [2.75, 3.05) is 18.1 Å². The molecule has 3 nitrogen and oxygen atoms in total. The third-order valence-corrected chi connectivity index (χ3v) is 4.06. The van der Waals surface area contributed by atoms with E-state index in [2.05, 4.69) is 26.0 Å². The number of rotatable bonds is 5. The van der Waals surface area contributed by atoms with Crippen LogP contribution in [0.5, 0.6) is 5.75 Å². The van der Waals surface area contributed by atoms with Gasteiger partial charge in [0.2, 0.25) is 5.91 Å². The van der Waals surface area contributed by atoms with Gasteiger partial charge >= 0.3 is 0 Å². The van der Waals surface area contributed by atoms with Gasteiger partial charge in [0.25, 0.3) is 0 Å². The number of para-hydroxylation sites is 1. The van der Waals surface area contributed by atoms with E-state index in [4.69, 9.17) is 4.74 Å². The van der Waals surface area contributed by atoms with Gasteiger partial charge in [-0.25, -0.2) is 0 Å². The molecule has 0 bridgehead atoms. The predicted molar refractivity (Wildman–Crippen MR) is 88.5 cm³/mol. The van der Waals surface area contributed by atoms with E-state index < -0.39 is 0 Å². The fourth-order valence-corrected chi connectivity index (χ4v) is 2.77. The van der Waals surface area contributed by atoms with Gasteiger partial charge < -0.3 is 9.64 Å². The van der Waals surface area contributed by atoms with E-state index in [1.54, 1.807) is 0 Å². The Morgan fingerprint density at radius 2 is 1.82 bits per heavy atom. The maximum Gasteiger partial charge on any atom is 0.231 e. The SMILES string of the molecule is CC(C)c1ccc(OCCN2C(=O)Cc3ccccc32)cc1. The average molecular weight is 295 g/mol. The first-order valence-electron chi connectivity index (χ1n) is 7.76. The molecular weight excluding hydrogens is 274 g/mol. The van der Waals surface area contributed by atoms with Crippen molar-refractivity contribution in [1.82, 2.24) is 0 Å². The highest BCUT2D eigenvalue weighted by Crippen LogP contribution is 2.28. The summed E-state index contributed by atoms with van der Waals surface area (Å²) in [6.07, 6.45) is 0.499. The van der Waals surface area contributed by atoms with E-state index in [1.807, 2.05) is 41.3 Å². The van der Waals surface area contributed by atoms with E-state index in [-0.39, 0.29) is 5.91 Å². The van der Waals surface area contributed by atoms with Crippen LogP contribution in [-0.4, -0.2) is 19.1 Å². The molecule has 0 aromatic heterocycles. The molecule has 0 saturated carbocycles.